The zero-order valence-corrected chi connectivity index (χ0v) is 11.0. The van der Waals surface area contributed by atoms with Gasteiger partial charge in [-0.25, -0.2) is 0 Å². The Balaban J connectivity index is 2.73. The van der Waals surface area contributed by atoms with Gasteiger partial charge in [-0.3, -0.25) is 15.4 Å². The third kappa shape index (κ3) is 4.56. The van der Waals surface area contributed by atoms with E-state index < -0.39 is 11.0 Å². The molecular formula is C13H17N3O3. The summed E-state index contributed by atoms with van der Waals surface area (Å²) >= 11 is 0. The van der Waals surface area contributed by atoms with Crippen LogP contribution in [0.1, 0.15) is 18.9 Å². The van der Waals surface area contributed by atoms with Crippen LogP contribution in [-0.2, 0) is 0 Å². The van der Waals surface area contributed by atoms with Crippen molar-refractivity contribution in [3.05, 3.63) is 33.9 Å². The average molecular weight is 263 g/mol. The molecule has 0 bridgehead atoms. The maximum Gasteiger partial charge on any atom is 0.310 e. The lowest BCUT2D eigenvalue weighted by atomic mass is 10.2. The second kappa shape index (κ2) is 7.34. The van der Waals surface area contributed by atoms with E-state index in [0.29, 0.717) is 6.54 Å². The van der Waals surface area contributed by atoms with Crippen LogP contribution in [0.25, 0.3) is 0 Å². The lowest BCUT2D eigenvalue weighted by Crippen LogP contribution is -2.33. The average Bonchev–Trinajstić information content (AvgIpc) is 2.38. The molecule has 1 aromatic rings. The van der Waals surface area contributed by atoms with E-state index in [0.717, 1.165) is 12.0 Å². The Kier molecular flexibility index (Phi) is 5.76. The van der Waals surface area contributed by atoms with Crippen LogP contribution in [0.4, 0.5) is 5.69 Å². The number of hydrogen-bond donors (Lipinski definition) is 1. The van der Waals surface area contributed by atoms with E-state index in [1.165, 1.54) is 6.07 Å². The quantitative estimate of drug-likeness (QED) is 0.601. The number of aryl methyl sites for hydroxylation is 1. The summed E-state index contributed by atoms with van der Waals surface area (Å²) < 4.78 is 5.40. The van der Waals surface area contributed by atoms with Gasteiger partial charge in [0.1, 0.15) is 12.6 Å². The lowest BCUT2D eigenvalue weighted by Gasteiger charge is -2.12. The number of nitro groups is 1. The Hall–Kier alpha value is -2.13. The maximum absolute atomic E-state index is 10.9. The van der Waals surface area contributed by atoms with Gasteiger partial charge in [0.25, 0.3) is 0 Å². The van der Waals surface area contributed by atoms with E-state index in [9.17, 15) is 10.1 Å². The molecule has 0 saturated carbocycles. The molecule has 0 fully saturated rings. The van der Waals surface area contributed by atoms with Gasteiger partial charge >= 0.3 is 5.69 Å². The second-order valence-electron chi connectivity index (χ2n) is 4.18. The molecule has 0 aliphatic rings. The minimum Gasteiger partial charge on any atom is -0.484 e. The van der Waals surface area contributed by atoms with Crippen molar-refractivity contribution in [2.45, 2.75) is 26.3 Å². The molecule has 102 valence electrons. The van der Waals surface area contributed by atoms with Crippen LogP contribution < -0.4 is 10.1 Å². The third-order valence-corrected chi connectivity index (χ3v) is 2.51. The van der Waals surface area contributed by atoms with Crippen molar-refractivity contribution < 1.29 is 9.66 Å². The minimum atomic E-state index is -0.490. The van der Waals surface area contributed by atoms with E-state index in [2.05, 4.69) is 11.4 Å². The third-order valence-electron chi connectivity index (χ3n) is 2.51. The molecule has 6 nitrogen and oxygen atoms in total. The predicted molar refractivity (Wildman–Crippen MR) is 71.0 cm³/mol. The van der Waals surface area contributed by atoms with Gasteiger partial charge in [0.15, 0.2) is 5.75 Å². The van der Waals surface area contributed by atoms with Crippen molar-refractivity contribution in [2.24, 2.45) is 0 Å². The largest absolute Gasteiger partial charge is 0.484 e. The first-order valence-corrected chi connectivity index (χ1v) is 6.09. The molecule has 0 heterocycles. The summed E-state index contributed by atoms with van der Waals surface area (Å²) in [5, 5.41) is 22.8. The number of benzene rings is 1. The van der Waals surface area contributed by atoms with Crippen LogP contribution in [-0.4, -0.2) is 24.1 Å². The molecule has 6 heteroatoms. The Bertz CT molecular complexity index is 483. The summed E-state index contributed by atoms with van der Waals surface area (Å²) in [7, 11) is 0. The first-order chi connectivity index (χ1) is 9.08. The highest BCUT2D eigenvalue weighted by molar-refractivity contribution is 5.48. The van der Waals surface area contributed by atoms with Crippen molar-refractivity contribution in [1.29, 1.82) is 5.26 Å². The van der Waals surface area contributed by atoms with E-state index >= 15 is 0 Å². The van der Waals surface area contributed by atoms with Crippen LogP contribution in [0.3, 0.4) is 0 Å². The highest BCUT2D eigenvalue weighted by atomic mass is 16.6. The van der Waals surface area contributed by atoms with E-state index in [1.54, 1.807) is 12.1 Å². The number of nitrogens with zero attached hydrogens (tertiary/aromatic N) is 2. The van der Waals surface area contributed by atoms with E-state index in [1.807, 2.05) is 13.8 Å². The first-order valence-electron chi connectivity index (χ1n) is 6.09. The Morgan fingerprint density at radius 1 is 1.58 bits per heavy atom. The molecule has 0 aromatic heterocycles. The van der Waals surface area contributed by atoms with Gasteiger partial charge in [-0.1, -0.05) is 13.0 Å². The Morgan fingerprint density at radius 2 is 2.32 bits per heavy atom. The predicted octanol–water partition coefficient (Wildman–Crippen LogP) is 2.17. The molecule has 0 radical (unpaired) electrons. The van der Waals surface area contributed by atoms with Gasteiger partial charge in [-0.05, 0) is 31.5 Å². The fraction of sp³-hybridized carbons (Fsp3) is 0.462. The molecule has 0 aliphatic heterocycles. The van der Waals surface area contributed by atoms with Crippen molar-refractivity contribution in [3.8, 4) is 11.8 Å². The Morgan fingerprint density at radius 3 is 2.89 bits per heavy atom. The number of ether oxygens (including phenoxy) is 1. The highest BCUT2D eigenvalue weighted by Gasteiger charge is 2.16. The summed E-state index contributed by atoms with van der Waals surface area (Å²) in [4.78, 5) is 10.4. The zero-order valence-electron chi connectivity index (χ0n) is 11.0. The molecular weight excluding hydrogens is 246 g/mol. The van der Waals surface area contributed by atoms with Crippen molar-refractivity contribution in [2.75, 3.05) is 13.2 Å². The van der Waals surface area contributed by atoms with Gasteiger partial charge in [-0.15, -0.1) is 0 Å². The molecule has 0 aliphatic carbocycles. The van der Waals surface area contributed by atoms with Gasteiger partial charge in [-0.2, -0.15) is 5.26 Å². The summed E-state index contributed by atoms with van der Waals surface area (Å²) in [5.41, 5.74) is 0.786. The van der Waals surface area contributed by atoms with Crippen LogP contribution in [0, 0.1) is 28.4 Å². The number of nitrogens with one attached hydrogen (secondary N) is 1. The van der Waals surface area contributed by atoms with Crippen LogP contribution in [0.15, 0.2) is 18.2 Å². The fourth-order valence-electron chi connectivity index (χ4n) is 1.52. The Labute approximate surface area is 112 Å². The van der Waals surface area contributed by atoms with Crippen LogP contribution in [0.2, 0.25) is 0 Å². The van der Waals surface area contributed by atoms with Crippen molar-refractivity contribution in [1.82, 2.24) is 5.32 Å². The van der Waals surface area contributed by atoms with Crippen LogP contribution >= 0.6 is 0 Å². The summed E-state index contributed by atoms with van der Waals surface area (Å²) in [6.45, 7) is 4.61. The van der Waals surface area contributed by atoms with Crippen LogP contribution in [0.5, 0.6) is 5.75 Å². The topological polar surface area (TPSA) is 88.2 Å². The number of nitro benzene ring substituents is 1. The molecule has 1 unspecified atom stereocenters. The van der Waals surface area contributed by atoms with Gasteiger partial charge in [0.05, 0.1) is 11.0 Å². The molecule has 19 heavy (non-hydrogen) atoms. The number of rotatable bonds is 7. The van der Waals surface area contributed by atoms with Crippen molar-refractivity contribution in [3.63, 3.8) is 0 Å². The lowest BCUT2D eigenvalue weighted by molar-refractivity contribution is -0.385. The summed E-state index contributed by atoms with van der Waals surface area (Å²) in [6.07, 6.45) is 0.906. The highest BCUT2D eigenvalue weighted by Crippen LogP contribution is 2.27. The monoisotopic (exact) mass is 263 g/mol. The van der Waals surface area contributed by atoms with Gasteiger partial charge < -0.3 is 4.74 Å². The molecule has 1 N–H and O–H groups in total. The van der Waals surface area contributed by atoms with Gasteiger partial charge in [0.2, 0.25) is 0 Å². The second-order valence-corrected chi connectivity index (χ2v) is 4.18. The maximum atomic E-state index is 10.9. The van der Waals surface area contributed by atoms with E-state index in [4.69, 9.17) is 10.00 Å². The standard InChI is InChI=1S/C13H17N3O3/c1-3-6-15-11(8-14)9-19-13-7-10(2)4-5-12(13)16(17)18/h4-5,7,11,15H,3,6,9H2,1-2H3. The van der Waals surface area contributed by atoms with Crippen molar-refractivity contribution >= 4 is 5.69 Å². The molecule has 0 saturated heterocycles. The van der Waals surface area contributed by atoms with Gasteiger partial charge in [0, 0.05) is 6.07 Å². The molecule has 0 spiro atoms. The molecule has 1 atom stereocenters. The normalized spacial score (nSPS) is 11.6. The SMILES string of the molecule is CCCNC(C#N)COc1cc(C)ccc1[N+](=O)[O-]. The number of hydrogen-bond acceptors (Lipinski definition) is 5. The zero-order chi connectivity index (χ0) is 14.3. The fourth-order valence-corrected chi connectivity index (χ4v) is 1.52. The summed E-state index contributed by atoms with van der Waals surface area (Å²) in [6, 6.07) is 6.26. The molecule has 0 amide bonds. The number of nitriles is 1. The smallest absolute Gasteiger partial charge is 0.310 e. The molecule has 1 aromatic carbocycles. The van der Waals surface area contributed by atoms with E-state index in [-0.39, 0.29) is 18.0 Å². The minimum absolute atomic E-state index is 0.0841. The summed E-state index contributed by atoms with van der Waals surface area (Å²) in [5.74, 6) is 0.198. The molecule has 1 rings (SSSR count). The first kappa shape index (κ1) is 14.9.